The van der Waals surface area contributed by atoms with Crippen LogP contribution in [0.25, 0.3) is 0 Å². The fraction of sp³-hybridized carbons (Fsp3) is 0.261. The minimum atomic E-state index is -0.379. The molecular weight excluding hydrogens is 383 g/mol. The second-order valence-corrected chi connectivity index (χ2v) is 7.38. The number of nitrogens with one attached hydrogen (secondary N) is 1. The highest BCUT2D eigenvalue weighted by Crippen LogP contribution is 2.31. The Morgan fingerprint density at radius 1 is 1.17 bits per heavy atom. The highest BCUT2D eigenvalue weighted by Gasteiger charge is 2.28. The van der Waals surface area contributed by atoms with E-state index in [-0.39, 0.29) is 17.6 Å². The van der Waals surface area contributed by atoms with Crippen molar-refractivity contribution >= 4 is 17.4 Å². The first-order valence-corrected chi connectivity index (χ1v) is 9.95. The largest absolute Gasteiger partial charge is 0.436 e. The molecule has 1 saturated heterocycles. The summed E-state index contributed by atoms with van der Waals surface area (Å²) in [6.45, 7) is 3.26. The highest BCUT2D eigenvalue weighted by atomic mass is 19.1. The van der Waals surface area contributed by atoms with E-state index in [9.17, 15) is 9.18 Å². The summed E-state index contributed by atoms with van der Waals surface area (Å²) >= 11 is 0. The van der Waals surface area contributed by atoms with Gasteiger partial charge < -0.3 is 15.0 Å². The Morgan fingerprint density at radius 3 is 2.77 bits per heavy atom. The molecule has 1 atom stereocenters. The topological polar surface area (TPSA) is 67.4 Å². The summed E-state index contributed by atoms with van der Waals surface area (Å²) < 4.78 is 19.4. The van der Waals surface area contributed by atoms with E-state index in [1.807, 2.05) is 36.1 Å². The van der Waals surface area contributed by atoms with Crippen LogP contribution in [-0.4, -0.2) is 29.0 Å². The number of hydrogen-bond donors (Lipinski definition) is 1. The van der Waals surface area contributed by atoms with Crippen LogP contribution < -0.4 is 15.0 Å². The molecule has 2 heterocycles. The van der Waals surface area contributed by atoms with Crippen molar-refractivity contribution in [1.29, 1.82) is 0 Å². The Bertz CT molecular complexity index is 1030. The number of halogens is 1. The van der Waals surface area contributed by atoms with Crippen LogP contribution in [0.2, 0.25) is 0 Å². The van der Waals surface area contributed by atoms with Crippen LogP contribution in [0, 0.1) is 18.7 Å². The summed E-state index contributed by atoms with van der Waals surface area (Å²) in [4.78, 5) is 23.6. The number of amides is 1. The number of nitrogens with zero attached hydrogens (tertiary/aromatic N) is 3. The van der Waals surface area contributed by atoms with Gasteiger partial charge in [-0.15, -0.1) is 0 Å². The maximum atomic E-state index is 13.4. The molecule has 1 aromatic heterocycles. The van der Waals surface area contributed by atoms with Gasteiger partial charge >= 0.3 is 0 Å². The van der Waals surface area contributed by atoms with Crippen molar-refractivity contribution in [2.75, 3.05) is 23.3 Å². The monoisotopic (exact) mass is 406 g/mol. The molecule has 2 aromatic carbocycles. The Morgan fingerprint density at radius 2 is 1.97 bits per heavy atom. The molecule has 4 rings (SSSR count). The molecule has 6 nitrogen and oxygen atoms in total. The summed E-state index contributed by atoms with van der Waals surface area (Å²) in [5, 5.41) is 2.81. The molecule has 0 saturated carbocycles. The molecule has 7 heteroatoms. The molecule has 1 fully saturated rings. The second-order valence-electron chi connectivity index (χ2n) is 7.38. The fourth-order valence-corrected chi connectivity index (χ4v) is 3.52. The number of anilines is 2. The predicted octanol–water partition coefficient (Wildman–Crippen LogP) is 4.57. The van der Waals surface area contributed by atoms with E-state index in [4.69, 9.17) is 4.74 Å². The third-order valence-electron chi connectivity index (χ3n) is 5.07. The summed E-state index contributed by atoms with van der Waals surface area (Å²) in [7, 11) is 0. The van der Waals surface area contributed by atoms with E-state index < -0.39 is 0 Å². The average Bonchev–Trinajstić information content (AvgIpc) is 2.76. The quantitative estimate of drug-likeness (QED) is 0.672. The van der Waals surface area contributed by atoms with E-state index >= 15 is 0 Å². The molecule has 0 unspecified atom stereocenters. The molecule has 0 spiro atoms. The van der Waals surface area contributed by atoms with Crippen molar-refractivity contribution in [3.8, 4) is 11.6 Å². The van der Waals surface area contributed by atoms with Crippen LogP contribution in [0.5, 0.6) is 11.6 Å². The van der Waals surface area contributed by atoms with Gasteiger partial charge in [0, 0.05) is 31.2 Å². The molecule has 0 aliphatic carbocycles. The molecule has 154 valence electrons. The van der Waals surface area contributed by atoms with Crippen molar-refractivity contribution in [1.82, 2.24) is 9.97 Å². The number of aromatic nitrogens is 2. The lowest BCUT2D eigenvalue weighted by molar-refractivity contribution is -0.120. The highest BCUT2D eigenvalue weighted by molar-refractivity contribution is 5.93. The van der Waals surface area contributed by atoms with Gasteiger partial charge in [-0.1, -0.05) is 23.8 Å². The number of carbonyl (C=O) groups is 1. The molecule has 1 N–H and O–H groups in total. The van der Waals surface area contributed by atoms with Crippen molar-refractivity contribution in [3.63, 3.8) is 0 Å². The first-order chi connectivity index (χ1) is 14.6. The van der Waals surface area contributed by atoms with Crippen LogP contribution in [0.3, 0.4) is 0 Å². The lowest BCUT2D eigenvalue weighted by atomic mass is 9.97. The Hall–Kier alpha value is -3.48. The van der Waals surface area contributed by atoms with E-state index in [0.29, 0.717) is 29.7 Å². The Labute approximate surface area is 174 Å². The number of ether oxygens (including phenoxy) is 1. The van der Waals surface area contributed by atoms with Gasteiger partial charge in [0.1, 0.15) is 11.6 Å². The number of carbonyl (C=O) groups excluding carboxylic acids is 1. The smallest absolute Gasteiger partial charge is 0.263 e. The minimum absolute atomic E-state index is 0.129. The number of benzene rings is 2. The number of rotatable bonds is 5. The van der Waals surface area contributed by atoms with Gasteiger partial charge in [-0.25, -0.2) is 14.4 Å². The zero-order valence-electron chi connectivity index (χ0n) is 16.7. The lowest BCUT2D eigenvalue weighted by Crippen LogP contribution is -2.41. The number of piperidine rings is 1. The zero-order valence-corrected chi connectivity index (χ0v) is 16.7. The van der Waals surface area contributed by atoms with Gasteiger partial charge in [0.05, 0.1) is 5.92 Å². The van der Waals surface area contributed by atoms with Crippen LogP contribution in [-0.2, 0) is 4.79 Å². The lowest BCUT2D eigenvalue weighted by Gasteiger charge is -2.33. The third-order valence-corrected chi connectivity index (χ3v) is 5.07. The Balaban J connectivity index is 1.48. The molecule has 0 radical (unpaired) electrons. The van der Waals surface area contributed by atoms with Crippen LogP contribution in [0.4, 0.5) is 15.9 Å². The summed E-state index contributed by atoms with van der Waals surface area (Å²) in [5.41, 5.74) is 1.60. The van der Waals surface area contributed by atoms with Gasteiger partial charge in [-0.3, -0.25) is 4.79 Å². The summed E-state index contributed by atoms with van der Waals surface area (Å²) in [5.74, 6) is 0.954. The first-order valence-electron chi connectivity index (χ1n) is 9.95. The van der Waals surface area contributed by atoms with E-state index in [1.165, 1.54) is 12.1 Å². The predicted molar refractivity (Wildman–Crippen MR) is 113 cm³/mol. The average molecular weight is 406 g/mol. The van der Waals surface area contributed by atoms with Gasteiger partial charge in [0.25, 0.3) is 5.88 Å². The normalized spacial score (nSPS) is 16.2. The Kier molecular flexibility index (Phi) is 5.88. The van der Waals surface area contributed by atoms with Gasteiger partial charge in [0.15, 0.2) is 5.82 Å². The minimum Gasteiger partial charge on any atom is -0.436 e. The van der Waals surface area contributed by atoms with Crippen LogP contribution in [0.1, 0.15) is 18.4 Å². The fourth-order valence-electron chi connectivity index (χ4n) is 3.52. The van der Waals surface area contributed by atoms with E-state index in [0.717, 1.165) is 24.9 Å². The van der Waals surface area contributed by atoms with Crippen molar-refractivity contribution in [3.05, 3.63) is 72.3 Å². The van der Waals surface area contributed by atoms with Gasteiger partial charge in [0.2, 0.25) is 5.91 Å². The molecule has 0 bridgehead atoms. The summed E-state index contributed by atoms with van der Waals surface area (Å²) in [6.07, 6.45) is 4.80. The van der Waals surface area contributed by atoms with Crippen LogP contribution in [0.15, 0.2) is 60.9 Å². The molecule has 3 aromatic rings. The number of aryl methyl sites for hydroxylation is 1. The van der Waals surface area contributed by atoms with E-state index in [1.54, 1.807) is 24.5 Å². The maximum Gasteiger partial charge on any atom is 0.263 e. The van der Waals surface area contributed by atoms with E-state index in [2.05, 4.69) is 15.3 Å². The van der Waals surface area contributed by atoms with Crippen LogP contribution >= 0.6 is 0 Å². The summed E-state index contributed by atoms with van der Waals surface area (Å²) in [6, 6.07) is 13.6. The zero-order chi connectivity index (χ0) is 20.9. The van der Waals surface area contributed by atoms with Crippen molar-refractivity contribution in [2.24, 2.45) is 5.92 Å². The van der Waals surface area contributed by atoms with Gasteiger partial charge in [-0.05, 0) is 50.1 Å². The first kappa shape index (κ1) is 19.8. The van der Waals surface area contributed by atoms with Gasteiger partial charge in [-0.2, -0.15) is 0 Å². The SMILES string of the molecule is Cc1ccc(Oc2nccnc2N2CCC[C@H](C(=O)Nc3cccc(F)c3)C2)cc1. The van der Waals surface area contributed by atoms with Crippen molar-refractivity contribution in [2.45, 2.75) is 19.8 Å². The molecule has 30 heavy (non-hydrogen) atoms. The third kappa shape index (κ3) is 4.74. The molecular formula is C23H23FN4O2. The maximum absolute atomic E-state index is 13.4. The standard InChI is InChI=1S/C23H23FN4O2/c1-16-7-9-20(10-8-16)30-23-21(25-11-12-26-23)28-13-3-4-17(15-28)22(29)27-19-6-2-5-18(24)14-19/h2,5-12,14,17H,3-4,13,15H2,1H3,(H,27,29)/t17-/m0/s1. The number of hydrogen-bond acceptors (Lipinski definition) is 5. The van der Waals surface area contributed by atoms with Crippen molar-refractivity contribution < 1.29 is 13.9 Å². The molecule has 1 aliphatic heterocycles. The molecule has 1 aliphatic rings. The second kappa shape index (κ2) is 8.90. The molecule has 1 amide bonds.